The smallest absolute Gasteiger partial charge is 0.281 e. The molecule has 0 saturated heterocycles. The van der Waals surface area contributed by atoms with E-state index in [4.69, 9.17) is 16.3 Å². The SMILES string of the molecule is O=CCn1c(-c2cccs2)nc2c(c1=O)N[C@H](c1ccc(Cl)cc1)CO2. The summed E-state index contributed by atoms with van der Waals surface area (Å²) in [4.78, 5) is 29.3. The fourth-order valence-electron chi connectivity index (χ4n) is 2.85. The van der Waals surface area contributed by atoms with Gasteiger partial charge in [0, 0.05) is 5.02 Å². The predicted octanol–water partition coefficient (Wildman–Crippen LogP) is 3.37. The van der Waals surface area contributed by atoms with Crippen molar-refractivity contribution in [2.24, 2.45) is 0 Å². The Morgan fingerprint density at radius 2 is 2.15 bits per heavy atom. The molecular weight excluding hydrogens is 374 g/mol. The molecule has 1 aliphatic heterocycles. The van der Waals surface area contributed by atoms with E-state index in [2.05, 4.69) is 10.3 Å². The molecule has 6 nitrogen and oxygen atoms in total. The highest BCUT2D eigenvalue weighted by Gasteiger charge is 2.27. The number of hydrogen-bond acceptors (Lipinski definition) is 6. The average Bonchev–Trinajstić information content (AvgIpc) is 3.19. The average molecular weight is 388 g/mol. The van der Waals surface area contributed by atoms with Gasteiger partial charge in [-0.15, -0.1) is 11.3 Å². The summed E-state index contributed by atoms with van der Waals surface area (Å²) in [6.07, 6.45) is 0.687. The number of carbonyl (C=O) groups is 1. The second-order valence-electron chi connectivity index (χ2n) is 5.73. The monoisotopic (exact) mass is 387 g/mol. The highest BCUT2D eigenvalue weighted by Crippen LogP contribution is 2.33. The van der Waals surface area contributed by atoms with Crippen LogP contribution >= 0.6 is 22.9 Å². The topological polar surface area (TPSA) is 73.2 Å². The lowest BCUT2D eigenvalue weighted by molar-refractivity contribution is -0.108. The molecule has 8 heteroatoms. The third-order valence-corrected chi connectivity index (χ3v) is 5.23. The van der Waals surface area contributed by atoms with E-state index in [1.807, 2.05) is 29.6 Å². The number of aldehydes is 1. The second kappa shape index (κ2) is 6.93. The molecule has 0 aliphatic carbocycles. The quantitative estimate of drug-likeness (QED) is 0.695. The summed E-state index contributed by atoms with van der Waals surface area (Å²) < 4.78 is 7.13. The van der Waals surface area contributed by atoms with Crippen molar-refractivity contribution in [2.45, 2.75) is 12.6 Å². The van der Waals surface area contributed by atoms with Crippen LogP contribution in [0.25, 0.3) is 10.7 Å². The fraction of sp³-hybridized carbons (Fsp3) is 0.167. The lowest BCUT2D eigenvalue weighted by atomic mass is 10.1. The third-order valence-electron chi connectivity index (χ3n) is 4.11. The van der Waals surface area contributed by atoms with Crippen LogP contribution in [0.2, 0.25) is 5.02 Å². The molecule has 4 rings (SSSR count). The minimum absolute atomic E-state index is 0.0698. The number of aromatic nitrogens is 2. The molecule has 3 aromatic rings. The maximum atomic E-state index is 13.0. The summed E-state index contributed by atoms with van der Waals surface area (Å²) in [6, 6.07) is 10.9. The molecular formula is C18H14ClN3O3S. The Hall–Kier alpha value is -2.64. The molecule has 0 saturated carbocycles. The van der Waals surface area contributed by atoms with Crippen molar-refractivity contribution in [1.29, 1.82) is 0 Å². The number of halogens is 1. The summed E-state index contributed by atoms with van der Waals surface area (Å²) in [5.41, 5.74) is 0.881. The van der Waals surface area contributed by atoms with E-state index in [0.717, 1.165) is 10.4 Å². The molecule has 0 radical (unpaired) electrons. The van der Waals surface area contributed by atoms with Gasteiger partial charge in [0.1, 0.15) is 12.9 Å². The fourth-order valence-corrected chi connectivity index (χ4v) is 3.70. The number of carbonyl (C=O) groups excluding carboxylic acids is 1. The number of nitrogens with one attached hydrogen (secondary N) is 1. The summed E-state index contributed by atoms with van der Waals surface area (Å²) >= 11 is 7.38. The van der Waals surface area contributed by atoms with Gasteiger partial charge in [-0.2, -0.15) is 4.98 Å². The van der Waals surface area contributed by atoms with Gasteiger partial charge in [0.15, 0.2) is 11.5 Å². The normalized spacial score (nSPS) is 15.7. The number of thiophene rings is 1. The summed E-state index contributed by atoms with van der Waals surface area (Å²) in [6.45, 7) is 0.266. The Labute approximate surface area is 158 Å². The minimum atomic E-state index is -0.329. The molecule has 0 unspecified atom stereocenters. The Kier molecular flexibility index (Phi) is 4.48. The van der Waals surface area contributed by atoms with Gasteiger partial charge in [-0.05, 0) is 29.1 Å². The number of anilines is 1. The number of ether oxygens (including phenoxy) is 1. The summed E-state index contributed by atoms with van der Waals surface area (Å²) in [5, 5.41) is 5.73. The molecule has 0 bridgehead atoms. The number of rotatable bonds is 4. The molecule has 3 heterocycles. The van der Waals surface area contributed by atoms with Crippen LogP contribution in [0.5, 0.6) is 5.88 Å². The van der Waals surface area contributed by atoms with E-state index in [1.165, 1.54) is 15.9 Å². The first-order chi connectivity index (χ1) is 12.7. The van der Waals surface area contributed by atoms with Crippen molar-refractivity contribution in [2.75, 3.05) is 11.9 Å². The number of hydrogen-bond donors (Lipinski definition) is 1. The van der Waals surface area contributed by atoms with E-state index in [0.29, 0.717) is 23.7 Å². The van der Waals surface area contributed by atoms with Crippen molar-refractivity contribution < 1.29 is 9.53 Å². The van der Waals surface area contributed by atoms with E-state index in [-0.39, 0.29) is 29.7 Å². The zero-order chi connectivity index (χ0) is 18.1. The lowest BCUT2D eigenvalue weighted by Crippen LogP contribution is -2.33. The number of benzene rings is 1. The van der Waals surface area contributed by atoms with Crippen LogP contribution in [0, 0.1) is 0 Å². The first-order valence-electron chi connectivity index (χ1n) is 7.94. The zero-order valence-electron chi connectivity index (χ0n) is 13.5. The van der Waals surface area contributed by atoms with Gasteiger partial charge >= 0.3 is 0 Å². The summed E-state index contributed by atoms with van der Waals surface area (Å²) in [7, 11) is 0. The Morgan fingerprint density at radius 1 is 1.35 bits per heavy atom. The van der Waals surface area contributed by atoms with Gasteiger partial charge < -0.3 is 14.8 Å². The maximum absolute atomic E-state index is 13.0. The van der Waals surface area contributed by atoms with Crippen molar-refractivity contribution in [1.82, 2.24) is 9.55 Å². The number of nitrogens with zero attached hydrogens (tertiary/aromatic N) is 2. The Morgan fingerprint density at radius 3 is 2.85 bits per heavy atom. The molecule has 1 N–H and O–H groups in total. The second-order valence-corrected chi connectivity index (χ2v) is 7.12. The maximum Gasteiger partial charge on any atom is 0.281 e. The molecule has 1 aromatic carbocycles. The number of fused-ring (bicyclic) bond motifs is 1. The van der Waals surface area contributed by atoms with E-state index < -0.39 is 0 Å². The third kappa shape index (κ3) is 3.00. The molecule has 0 spiro atoms. The van der Waals surface area contributed by atoms with Gasteiger partial charge in [-0.25, -0.2) is 0 Å². The molecule has 132 valence electrons. The first kappa shape index (κ1) is 16.8. The van der Waals surface area contributed by atoms with Gasteiger partial charge in [0.25, 0.3) is 5.56 Å². The van der Waals surface area contributed by atoms with Gasteiger partial charge in [0.2, 0.25) is 5.88 Å². The van der Waals surface area contributed by atoms with Crippen LogP contribution in [0.1, 0.15) is 11.6 Å². The van der Waals surface area contributed by atoms with E-state index in [1.54, 1.807) is 12.1 Å². The van der Waals surface area contributed by atoms with Crippen molar-refractivity contribution in [3.05, 3.63) is 62.7 Å². The van der Waals surface area contributed by atoms with Gasteiger partial charge in [-0.1, -0.05) is 29.8 Å². The van der Waals surface area contributed by atoms with E-state index in [9.17, 15) is 9.59 Å². The highest BCUT2D eigenvalue weighted by molar-refractivity contribution is 7.13. The highest BCUT2D eigenvalue weighted by atomic mass is 35.5. The molecule has 2 aromatic heterocycles. The Balaban J connectivity index is 1.77. The molecule has 26 heavy (non-hydrogen) atoms. The molecule has 0 fully saturated rings. The largest absolute Gasteiger partial charge is 0.473 e. The van der Waals surface area contributed by atoms with Crippen LogP contribution in [0.15, 0.2) is 46.6 Å². The van der Waals surface area contributed by atoms with Crippen molar-refractivity contribution in [3.8, 4) is 16.6 Å². The molecule has 1 atom stereocenters. The van der Waals surface area contributed by atoms with Crippen LogP contribution in [0.4, 0.5) is 5.69 Å². The molecule has 1 aliphatic rings. The van der Waals surface area contributed by atoms with Crippen LogP contribution in [-0.4, -0.2) is 22.4 Å². The van der Waals surface area contributed by atoms with Crippen LogP contribution in [-0.2, 0) is 11.3 Å². The Bertz CT molecular complexity index is 1000. The first-order valence-corrected chi connectivity index (χ1v) is 9.20. The predicted molar refractivity (Wildman–Crippen MR) is 101 cm³/mol. The standard InChI is InChI=1S/C18H14ClN3O3S/c19-12-5-3-11(4-6-12)13-10-25-17-15(20-13)18(24)22(7-8-23)16(21-17)14-2-1-9-26-14/h1-6,8-9,13,20H,7,10H2/t13-/m0/s1. The van der Waals surface area contributed by atoms with Gasteiger partial charge in [-0.3, -0.25) is 9.36 Å². The minimum Gasteiger partial charge on any atom is -0.473 e. The molecule has 0 amide bonds. The van der Waals surface area contributed by atoms with Crippen molar-refractivity contribution in [3.63, 3.8) is 0 Å². The zero-order valence-corrected chi connectivity index (χ0v) is 15.1. The lowest BCUT2D eigenvalue weighted by Gasteiger charge is -2.27. The van der Waals surface area contributed by atoms with Crippen LogP contribution < -0.4 is 15.6 Å². The van der Waals surface area contributed by atoms with Gasteiger partial charge in [0.05, 0.1) is 17.5 Å². The summed E-state index contributed by atoms with van der Waals surface area (Å²) in [5.74, 6) is 0.688. The van der Waals surface area contributed by atoms with Crippen LogP contribution in [0.3, 0.4) is 0 Å². The van der Waals surface area contributed by atoms with Crippen molar-refractivity contribution >= 4 is 34.9 Å². The van der Waals surface area contributed by atoms with E-state index >= 15 is 0 Å².